The Hall–Kier alpha value is -4.08. The van der Waals surface area contributed by atoms with Crippen molar-refractivity contribution in [1.82, 2.24) is 15.5 Å². The Kier molecular flexibility index (Phi) is 13.1. The second-order valence-corrected chi connectivity index (χ2v) is 10.6. The molecule has 224 valence electrons. The average molecular weight is 570 g/mol. The summed E-state index contributed by atoms with van der Waals surface area (Å²) < 4.78 is 10.4. The molecule has 0 aliphatic carbocycles. The molecule has 0 aromatic heterocycles. The van der Waals surface area contributed by atoms with Gasteiger partial charge in [-0.15, -0.1) is 0 Å². The van der Waals surface area contributed by atoms with Crippen LogP contribution in [0.1, 0.15) is 71.0 Å². The van der Waals surface area contributed by atoms with Gasteiger partial charge in [-0.2, -0.15) is 0 Å². The van der Waals surface area contributed by atoms with Gasteiger partial charge < -0.3 is 30.1 Å². The highest BCUT2D eigenvalue weighted by Crippen LogP contribution is 2.24. The molecule has 0 bridgehead atoms. The maximum absolute atomic E-state index is 14.3. The van der Waals surface area contributed by atoms with Gasteiger partial charge >= 0.3 is 12.1 Å². The third-order valence-electron chi connectivity index (χ3n) is 6.01. The van der Waals surface area contributed by atoms with Crippen molar-refractivity contribution in [3.05, 3.63) is 65.7 Å². The highest BCUT2D eigenvalue weighted by molar-refractivity contribution is 5.92. The number of esters is 1. The standard InChI is InChI=1S/C31H43N3O7/c1-6-8-20-34(27(23-12-10-9-11-13-23)28(37)32-19-18-26(36)40-7-2)29(38)25(33-30(39)41-31(3,4)5)21-22-14-16-24(35)17-15-22/h9-17,25,27,35H,6-8,18-21H2,1-5H3,(H,32,37)(H,33,39). The second kappa shape index (κ2) is 16.2. The minimum Gasteiger partial charge on any atom is -0.508 e. The molecule has 0 aliphatic heterocycles. The molecule has 0 spiro atoms. The summed E-state index contributed by atoms with van der Waals surface area (Å²) in [7, 11) is 0. The molecule has 2 unspecified atom stereocenters. The molecule has 2 aromatic carbocycles. The zero-order chi connectivity index (χ0) is 30.4. The van der Waals surface area contributed by atoms with E-state index in [0.29, 0.717) is 17.5 Å². The first-order valence-corrected chi connectivity index (χ1v) is 14.0. The molecule has 10 heteroatoms. The van der Waals surface area contributed by atoms with Crippen molar-refractivity contribution < 1.29 is 33.8 Å². The molecule has 3 amide bonds. The van der Waals surface area contributed by atoms with E-state index in [4.69, 9.17) is 9.47 Å². The average Bonchev–Trinajstić information content (AvgIpc) is 2.91. The molecule has 0 radical (unpaired) electrons. The number of alkyl carbamates (subject to hydrolysis) is 1. The molecule has 2 atom stereocenters. The number of unbranched alkanes of at least 4 members (excludes halogenated alkanes) is 1. The van der Waals surface area contributed by atoms with Crippen molar-refractivity contribution in [1.29, 1.82) is 0 Å². The molecule has 41 heavy (non-hydrogen) atoms. The summed E-state index contributed by atoms with van der Waals surface area (Å²) in [5, 5.41) is 15.2. The molecule has 0 fully saturated rings. The number of aromatic hydroxyl groups is 1. The van der Waals surface area contributed by atoms with Crippen LogP contribution in [0.2, 0.25) is 0 Å². The number of nitrogens with zero attached hydrogens (tertiary/aromatic N) is 1. The number of ether oxygens (including phenoxy) is 2. The zero-order valence-electron chi connectivity index (χ0n) is 24.6. The van der Waals surface area contributed by atoms with Gasteiger partial charge in [0.05, 0.1) is 13.0 Å². The zero-order valence-corrected chi connectivity index (χ0v) is 24.6. The molecule has 0 heterocycles. The molecular formula is C31H43N3O7. The number of phenolic OH excluding ortho intramolecular Hbond substituents is 1. The van der Waals surface area contributed by atoms with Crippen LogP contribution in [-0.4, -0.2) is 65.2 Å². The van der Waals surface area contributed by atoms with Gasteiger partial charge in [0.2, 0.25) is 11.8 Å². The molecular weight excluding hydrogens is 526 g/mol. The maximum Gasteiger partial charge on any atom is 0.408 e. The van der Waals surface area contributed by atoms with Gasteiger partial charge in [0.1, 0.15) is 23.4 Å². The Labute approximate surface area is 242 Å². The van der Waals surface area contributed by atoms with Crippen LogP contribution >= 0.6 is 0 Å². The summed E-state index contributed by atoms with van der Waals surface area (Å²) in [5.74, 6) is -1.28. The summed E-state index contributed by atoms with van der Waals surface area (Å²) in [6.45, 7) is 9.40. The van der Waals surface area contributed by atoms with E-state index in [-0.39, 0.29) is 38.3 Å². The lowest BCUT2D eigenvalue weighted by molar-refractivity contribution is -0.144. The van der Waals surface area contributed by atoms with Crippen LogP contribution in [0, 0.1) is 0 Å². The van der Waals surface area contributed by atoms with Crippen molar-refractivity contribution in [3.63, 3.8) is 0 Å². The van der Waals surface area contributed by atoms with Crippen LogP contribution in [0.3, 0.4) is 0 Å². The van der Waals surface area contributed by atoms with Crippen molar-refractivity contribution >= 4 is 23.9 Å². The molecule has 10 nitrogen and oxygen atoms in total. The Balaban J connectivity index is 2.45. The summed E-state index contributed by atoms with van der Waals surface area (Å²) in [4.78, 5) is 54.0. The summed E-state index contributed by atoms with van der Waals surface area (Å²) in [6, 6.07) is 13.2. The summed E-state index contributed by atoms with van der Waals surface area (Å²) in [6.07, 6.45) is 0.711. The molecule has 2 aromatic rings. The van der Waals surface area contributed by atoms with E-state index in [1.54, 1.807) is 64.1 Å². The maximum atomic E-state index is 14.3. The highest BCUT2D eigenvalue weighted by Gasteiger charge is 2.36. The van der Waals surface area contributed by atoms with Gasteiger partial charge in [0, 0.05) is 19.5 Å². The van der Waals surface area contributed by atoms with E-state index in [2.05, 4.69) is 10.6 Å². The van der Waals surface area contributed by atoms with Crippen LogP contribution in [0.15, 0.2) is 54.6 Å². The van der Waals surface area contributed by atoms with Gasteiger partial charge in [-0.1, -0.05) is 55.8 Å². The lowest BCUT2D eigenvalue weighted by atomic mass is 10.00. The molecule has 0 saturated carbocycles. The number of hydrogen-bond donors (Lipinski definition) is 3. The lowest BCUT2D eigenvalue weighted by Gasteiger charge is -2.34. The van der Waals surface area contributed by atoms with Crippen LogP contribution in [-0.2, 0) is 30.3 Å². The minimum atomic E-state index is -1.07. The van der Waals surface area contributed by atoms with Crippen LogP contribution in [0.4, 0.5) is 4.79 Å². The number of hydrogen-bond acceptors (Lipinski definition) is 7. The van der Waals surface area contributed by atoms with Gasteiger partial charge in [-0.05, 0) is 57.4 Å². The number of benzene rings is 2. The number of nitrogens with one attached hydrogen (secondary N) is 2. The second-order valence-electron chi connectivity index (χ2n) is 10.6. The van der Waals surface area contributed by atoms with Gasteiger partial charge in [0.15, 0.2) is 0 Å². The number of carbonyl (C=O) groups excluding carboxylic acids is 4. The van der Waals surface area contributed by atoms with Gasteiger partial charge in [-0.25, -0.2) is 4.79 Å². The smallest absolute Gasteiger partial charge is 0.408 e. The Bertz CT molecular complexity index is 1130. The fraction of sp³-hybridized carbons (Fsp3) is 0.484. The first kappa shape index (κ1) is 33.1. The SMILES string of the molecule is CCCCN(C(=O)C(Cc1ccc(O)cc1)NC(=O)OC(C)(C)C)C(C(=O)NCCC(=O)OCC)c1ccccc1. The fourth-order valence-corrected chi connectivity index (χ4v) is 4.14. The Morgan fingerprint density at radius 3 is 2.22 bits per heavy atom. The Morgan fingerprint density at radius 2 is 1.63 bits per heavy atom. The largest absolute Gasteiger partial charge is 0.508 e. The van der Waals surface area contributed by atoms with Crippen molar-refractivity contribution in [3.8, 4) is 5.75 Å². The molecule has 0 aliphatic rings. The van der Waals surface area contributed by atoms with Gasteiger partial charge in [0.25, 0.3) is 0 Å². The number of phenols is 1. The quantitative estimate of drug-likeness (QED) is 0.289. The highest BCUT2D eigenvalue weighted by atomic mass is 16.6. The predicted octanol–water partition coefficient (Wildman–Crippen LogP) is 4.27. The van der Waals surface area contributed by atoms with E-state index >= 15 is 0 Å². The van der Waals surface area contributed by atoms with Crippen molar-refractivity contribution in [2.75, 3.05) is 19.7 Å². The first-order valence-electron chi connectivity index (χ1n) is 14.0. The van der Waals surface area contributed by atoms with Crippen LogP contribution < -0.4 is 10.6 Å². The van der Waals surface area contributed by atoms with Crippen LogP contribution in [0.25, 0.3) is 0 Å². The van der Waals surface area contributed by atoms with E-state index in [0.717, 1.165) is 6.42 Å². The Morgan fingerprint density at radius 1 is 0.976 bits per heavy atom. The minimum absolute atomic E-state index is 0.00628. The van der Waals surface area contributed by atoms with Crippen molar-refractivity contribution in [2.24, 2.45) is 0 Å². The van der Waals surface area contributed by atoms with E-state index in [1.165, 1.54) is 17.0 Å². The topological polar surface area (TPSA) is 134 Å². The third kappa shape index (κ3) is 11.5. The number of carbonyl (C=O) groups is 4. The third-order valence-corrected chi connectivity index (χ3v) is 6.01. The fourth-order valence-electron chi connectivity index (χ4n) is 4.14. The lowest BCUT2D eigenvalue weighted by Crippen LogP contribution is -2.54. The monoisotopic (exact) mass is 569 g/mol. The van der Waals surface area contributed by atoms with Crippen molar-refractivity contribution in [2.45, 2.75) is 78.0 Å². The van der Waals surface area contributed by atoms with E-state index in [1.807, 2.05) is 13.0 Å². The molecule has 0 saturated heterocycles. The van der Waals surface area contributed by atoms with E-state index < -0.39 is 41.6 Å². The van der Waals surface area contributed by atoms with Gasteiger partial charge in [-0.3, -0.25) is 14.4 Å². The normalized spacial score (nSPS) is 12.5. The summed E-state index contributed by atoms with van der Waals surface area (Å²) >= 11 is 0. The molecule has 2 rings (SSSR count). The molecule has 3 N–H and O–H groups in total. The predicted molar refractivity (Wildman–Crippen MR) is 155 cm³/mol. The number of amides is 3. The van der Waals surface area contributed by atoms with Crippen LogP contribution in [0.5, 0.6) is 5.75 Å². The number of rotatable bonds is 14. The van der Waals surface area contributed by atoms with E-state index in [9.17, 15) is 24.3 Å². The first-order chi connectivity index (χ1) is 19.4. The summed E-state index contributed by atoms with van der Waals surface area (Å²) in [5.41, 5.74) is 0.498.